The third-order valence-electron chi connectivity index (χ3n) is 3.63. The Kier molecular flexibility index (Phi) is 5.95. The third-order valence-corrected chi connectivity index (χ3v) is 5.58. The third kappa shape index (κ3) is 4.52. The minimum Gasteiger partial charge on any atom is -0.315 e. The van der Waals surface area contributed by atoms with Crippen LogP contribution in [0.5, 0.6) is 0 Å². The summed E-state index contributed by atoms with van der Waals surface area (Å²) in [5.74, 6) is 0. The largest absolute Gasteiger partial charge is 0.315 e. The molecule has 0 amide bonds. The first-order chi connectivity index (χ1) is 9.64. The standard InChI is InChI=1S/C14H28N4O2S/c1-7-14(5,6)17-21(19,20)13-11(3)16-18(12(13)4)10-9-15-8-2/h15,17H,7-10H2,1-6H3. The van der Waals surface area contributed by atoms with E-state index in [1.807, 2.05) is 27.7 Å². The number of hydrogen-bond acceptors (Lipinski definition) is 4. The molecule has 122 valence electrons. The topological polar surface area (TPSA) is 76.0 Å². The Labute approximate surface area is 128 Å². The van der Waals surface area contributed by atoms with Gasteiger partial charge in [0.15, 0.2) is 0 Å². The van der Waals surface area contributed by atoms with Gasteiger partial charge in [0.05, 0.1) is 17.9 Å². The van der Waals surface area contributed by atoms with Crippen molar-refractivity contribution in [3.63, 3.8) is 0 Å². The van der Waals surface area contributed by atoms with Crippen LogP contribution < -0.4 is 10.0 Å². The first-order valence-electron chi connectivity index (χ1n) is 7.43. The quantitative estimate of drug-likeness (QED) is 0.714. The van der Waals surface area contributed by atoms with Crippen molar-refractivity contribution in [2.45, 2.75) is 64.9 Å². The van der Waals surface area contributed by atoms with Crippen molar-refractivity contribution in [2.75, 3.05) is 13.1 Å². The molecule has 1 rings (SSSR count). The molecule has 0 atom stereocenters. The van der Waals surface area contributed by atoms with Gasteiger partial charge < -0.3 is 5.32 Å². The summed E-state index contributed by atoms with van der Waals surface area (Å²) in [6, 6.07) is 0. The van der Waals surface area contributed by atoms with Crippen molar-refractivity contribution in [1.29, 1.82) is 0 Å². The van der Waals surface area contributed by atoms with Crippen LogP contribution in [0.1, 0.15) is 45.5 Å². The Morgan fingerprint density at radius 1 is 1.24 bits per heavy atom. The Hall–Kier alpha value is -0.920. The molecule has 0 fully saturated rings. The second-order valence-electron chi connectivity index (χ2n) is 5.92. The molecule has 0 saturated heterocycles. The first kappa shape index (κ1) is 18.1. The molecule has 0 aliphatic heterocycles. The van der Waals surface area contributed by atoms with E-state index in [9.17, 15) is 8.42 Å². The molecule has 6 nitrogen and oxygen atoms in total. The van der Waals surface area contributed by atoms with Crippen LogP contribution >= 0.6 is 0 Å². The van der Waals surface area contributed by atoms with Gasteiger partial charge in [-0.1, -0.05) is 13.8 Å². The first-order valence-corrected chi connectivity index (χ1v) is 8.91. The van der Waals surface area contributed by atoms with E-state index in [2.05, 4.69) is 15.1 Å². The van der Waals surface area contributed by atoms with E-state index in [0.29, 0.717) is 22.8 Å². The van der Waals surface area contributed by atoms with E-state index >= 15 is 0 Å². The molecule has 1 heterocycles. The number of aromatic nitrogens is 2. The lowest BCUT2D eigenvalue weighted by molar-refractivity contribution is 0.439. The van der Waals surface area contributed by atoms with Gasteiger partial charge in [0.25, 0.3) is 0 Å². The van der Waals surface area contributed by atoms with Crippen LogP contribution in [0.2, 0.25) is 0 Å². The fourth-order valence-electron chi connectivity index (χ4n) is 2.14. The van der Waals surface area contributed by atoms with Gasteiger partial charge in [0.2, 0.25) is 10.0 Å². The van der Waals surface area contributed by atoms with Crippen LogP contribution in [-0.4, -0.2) is 36.8 Å². The maximum Gasteiger partial charge on any atom is 0.244 e. The lowest BCUT2D eigenvalue weighted by atomic mass is 10.0. The van der Waals surface area contributed by atoms with Gasteiger partial charge in [-0.2, -0.15) is 5.10 Å². The number of nitrogens with one attached hydrogen (secondary N) is 2. The van der Waals surface area contributed by atoms with Crippen LogP contribution in [0.3, 0.4) is 0 Å². The van der Waals surface area contributed by atoms with Crippen molar-refractivity contribution >= 4 is 10.0 Å². The zero-order chi connectivity index (χ0) is 16.3. The molecule has 1 aromatic rings. The fourth-order valence-corrected chi connectivity index (χ4v) is 4.03. The number of likely N-dealkylation sites (N-methyl/N-ethyl adjacent to an activating group) is 1. The van der Waals surface area contributed by atoms with Crippen LogP contribution in [0, 0.1) is 13.8 Å². The van der Waals surface area contributed by atoms with Crippen molar-refractivity contribution < 1.29 is 8.42 Å². The molecule has 0 unspecified atom stereocenters. The predicted octanol–water partition coefficient (Wildman–Crippen LogP) is 1.58. The highest BCUT2D eigenvalue weighted by atomic mass is 32.2. The zero-order valence-corrected chi connectivity index (χ0v) is 14.8. The SMILES string of the molecule is CCNCCn1nc(C)c(S(=O)(=O)NC(C)(C)CC)c1C. The molecule has 0 radical (unpaired) electrons. The number of rotatable bonds is 8. The van der Waals surface area contributed by atoms with Gasteiger partial charge in [-0.05, 0) is 40.7 Å². The normalized spacial score (nSPS) is 12.9. The summed E-state index contributed by atoms with van der Waals surface area (Å²) in [5.41, 5.74) is 0.761. The zero-order valence-electron chi connectivity index (χ0n) is 13.9. The molecule has 0 aliphatic carbocycles. The van der Waals surface area contributed by atoms with E-state index in [-0.39, 0.29) is 0 Å². The number of sulfonamides is 1. The van der Waals surface area contributed by atoms with Crippen LogP contribution in [-0.2, 0) is 16.6 Å². The van der Waals surface area contributed by atoms with Crippen LogP contribution in [0.4, 0.5) is 0 Å². The van der Waals surface area contributed by atoms with E-state index in [4.69, 9.17) is 0 Å². The van der Waals surface area contributed by atoms with Gasteiger partial charge >= 0.3 is 0 Å². The van der Waals surface area contributed by atoms with Gasteiger partial charge in [0.1, 0.15) is 4.90 Å². The molecule has 7 heteroatoms. The molecule has 2 N–H and O–H groups in total. The van der Waals surface area contributed by atoms with Crippen molar-refractivity contribution in [2.24, 2.45) is 0 Å². The van der Waals surface area contributed by atoms with Gasteiger partial charge in [-0.3, -0.25) is 4.68 Å². The Morgan fingerprint density at radius 2 is 1.86 bits per heavy atom. The Balaban J connectivity index is 3.07. The summed E-state index contributed by atoms with van der Waals surface area (Å²) in [7, 11) is -3.55. The molecule has 0 saturated carbocycles. The summed E-state index contributed by atoms with van der Waals surface area (Å²) in [6.45, 7) is 13.6. The van der Waals surface area contributed by atoms with Gasteiger partial charge in [0, 0.05) is 12.1 Å². The summed E-state index contributed by atoms with van der Waals surface area (Å²) in [4.78, 5) is 0.306. The molecule has 0 spiro atoms. The van der Waals surface area contributed by atoms with Crippen LogP contribution in [0.25, 0.3) is 0 Å². The summed E-state index contributed by atoms with van der Waals surface area (Å²) >= 11 is 0. The van der Waals surface area contributed by atoms with Crippen molar-refractivity contribution in [3.8, 4) is 0 Å². The highest BCUT2D eigenvalue weighted by Crippen LogP contribution is 2.22. The highest BCUT2D eigenvalue weighted by molar-refractivity contribution is 7.89. The van der Waals surface area contributed by atoms with Crippen LogP contribution in [0.15, 0.2) is 4.90 Å². The second kappa shape index (κ2) is 6.89. The average Bonchev–Trinajstić information content (AvgIpc) is 2.64. The van der Waals surface area contributed by atoms with Crippen molar-refractivity contribution in [1.82, 2.24) is 19.8 Å². The maximum atomic E-state index is 12.6. The molecular weight excluding hydrogens is 288 g/mol. The lowest BCUT2D eigenvalue weighted by Crippen LogP contribution is -2.43. The fraction of sp³-hybridized carbons (Fsp3) is 0.786. The minimum atomic E-state index is -3.55. The number of aryl methyl sites for hydroxylation is 1. The molecule has 1 aromatic heterocycles. The summed E-state index contributed by atoms with van der Waals surface area (Å²) in [6.07, 6.45) is 0.721. The summed E-state index contributed by atoms with van der Waals surface area (Å²) in [5, 5.41) is 7.57. The molecule has 0 aromatic carbocycles. The second-order valence-corrected chi connectivity index (χ2v) is 7.54. The molecule has 0 aliphatic rings. The predicted molar refractivity (Wildman–Crippen MR) is 84.9 cm³/mol. The highest BCUT2D eigenvalue weighted by Gasteiger charge is 2.29. The van der Waals surface area contributed by atoms with E-state index < -0.39 is 15.6 Å². The average molecular weight is 316 g/mol. The smallest absolute Gasteiger partial charge is 0.244 e. The minimum absolute atomic E-state index is 0.306. The summed E-state index contributed by atoms with van der Waals surface area (Å²) < 4.78 is 29.7. The van der Waals surface area contributed by atoms with Gasteiger partial charge in [-0.15, -0.1) is 0 Å². The van der Waals surface area contributed by atoms with Gasteiger partial charge in [-0.25, -0.2) is 13.1 Å². The Bertz CT molecular complexity index is 576. The number of hydrogen-bond donors (Lipinski definition) is 2. The van der Waals surface area contributed by atoms with E-state index in [1.165, 1.54) is 0 Å². The maximum absolute atomic E-state index is 12.6. The molecular formula is C14H28N4O2S. The van der Waals surface area contributed by atoms with E-state index in [0.717, 1.165) is 19.5 Å². The Morgan fingerprint density at radius 3 is 2.38 bits per heavy atom. The van der Waals surface area contributed by atoms with E-state index in [1.54, 1.807) is 18.5 Å². The monoisotopic (exact) mass is 316 g/mol. The molecule has 21 heavy (non-hydrogen) atoms. The number of nitrogens with zero attached hydrogens (tertiary/aromatic N) is 2. The van der Waals surface area contributed by atoms with Crippen molar-refractivity contribution in [3.05, 3.63) is 11.4 Å². The lowest BCUT2D eigenvalue weighted by Gasteiger charge is -2.24. The molecule has 0 bridgehead atoms.